The van der Waals surface area contributed by atoms with E-state index in [1.807, 2.05) is 62.4 Å². The number of carbonyl (C=O) groups excluding carboxylic acids is 1. The van der Waals surface area contributed by atoms with Crippen LogP contribution < -0.4 is 0 Å². The van der Waals surface area contributed by atoms with Gasteiger partial charge >= 0.3 is 11.9 Å². The summed E-state index contributed by atoms with van der Waals surface area (Å²) in [7, 11) is 0. The van der Waals surface area contributed by atoms with Gasteiger partial charge in [-0.2, -0.15) is 0 Å². The molecule has 2 aromatic rings. The zero-order chi connectivity index (χ0) is 23.8. The highest BCUT2D eigenvalue weighted by Crippen LogP contribution is 2.26. The number of esters is 1. The first-order chi connectivity index (χ1) is 15.8. The number of carboxylic acids is 1. The smallest absolute Gasteiger partial charge is 0.338 e. The Hall–Kier alpha value is -2.77. The van der Waals surface area contributed by atoms with E-state index in [4.69, 9.17) is 9.47 Å². The summed E-state index contributed by atoms with van der Waals surface area (Å²) in [6, 6.07) is 15.4. The molecule has 2 unspecified atom stereocenters. The molecule has 1 heterocycles. The van der Waals surface area contributed by atoms with Gasteiger partial charge in [0.15, 0.2) is 11.6 Å². The van der Waals surface area contributed by atoms with Crippen LogP contribution in [0.2, 0.25) is 0 Å². The maximum atomic E-state index is 13.0. The average molecular weight is 514 g/mol. The molecule has 2 aromatic carbocycles. The molecule has 1 aliphatic rings. The van der Waals surface area contributed by atoms with Gasteiger partial charge in [-0.1, -0.05) is 52.3 Å². The molecule has 0 saturated carbocycles. The van der Waals surface area contributed by atoms with Crippen molar-refractivity contribution >= 4 is 34.1 Å². The molecule has 33 heavy (non-hydrogen) atoms. The number of aliphatic carboxylic acids is 1. The van der Waals surface area contributed by atoms with Crippen LogP contribution in [0.15, 0.2) is 70.1 Å². The number of hydrogen-bond donors (Lipinski definition) is 1. The van der Waals surface area contributed by atoms with E-state index in [1.165, 1.54) is 0 Å². The Bertz CT molecular complexity index is 1020. The molecule has 0 spiro atoms. The summed E-state index contributed by atoms with van der Waals surface area (Å²) in [6.07, 6.45) is 5.17. The summed E-state index contributed by atoms with van der Waals surface area (Å²) in [5, 5.41) is 9.46. The Morgan fingerprint density at radius 3 is 2.45 bits per heavy atom. The lowest BCUT2D eigenvalue weighted by Gasteiger charge is -2.23. The highest BCUT2D eigenvalue weighted by Gasteiger charge is 2.38. The fourth-order valence-electron chi connectivity index (χ4n) is 3.67. The van der Waals surface area contributed by atoms with Gasteiger partial charge in [-0.15, -0.1) is 0 Å². The third-order valence-corrected chi connectivity index (χ3v) is 5.78. The van der Waals surface area contributed by atoms with Crippen LogP contribution in [-0.2, 0) is 38.3 Å². The van der Waals surface area contributed by atoms with Crippen molar-refractivity contribution in [2.45, 2.75) is 50.9 Å². The zero-order valence-electron chi connectivity index (χ0n) is 18.7. The second kappa shape index (κ2) is 11.4. The van der Waals surface area contributed by atoms with E-state index in [1.54, 1.807) is 18.4 Å². The first kappa shape index (κ1) is 24.9. The molecule has 0 radical (unpaired) electrons. The predicted molar refractivity (Wildman–Crippen MR) is 131 cm³/mol. The van der Waals surface area contributed by atoms with E-state index in [9.17, 15) is 14.7 Å². The van der Waals surface area contributed by atoms with E-state index >= 15 is 0 Å². The largest absolute Gasteiger partial charge is 0.479 e. The summed E-state index contributed by atoms with van der Waals surface area (Å²) in [5.74, 6) is -1.40. The maximum absolute atomic E-state index is 13.0. The van der Waals surface area contributed by atoms with Gasteiger partial charge in [0.25, 0.3) is 0 Å². The van der Waals surface area contributed by atoms with E-state index < -0.39 is 23.6 Å². The molecule has 0 fully saturated rings. The molecular formula is C26H28BrNO5. The van der Waals surface area contributed by atoms with E-state index in [2.05, 4.69) is 20.9 Å². The van der Waals surface area contributed by atoms with Crippen molar-refractivity contribution < 1.29 is 24.2 Å². The second-order valence-electron chi connectivity index (χ2n) is 8.29. The average Bonchev–Trinajstić information content (AvgIpc) is 3.24. The standard InChI is InChI=1S/C26H28BrNO5/c1-18(2)33-23(24(29)30)16-20-5-3-6-21(15-20)17-26(12-4-13-28-26)25(31)32-14-11-19-7-9-22(27)10-8-19/h3-10,12-13,15,18,23H,11,14,16-17H2,1-2H3,(H,29,30). The minimum atomic E-state index is -1.11. The van der Waals surface area contributed by atoms with E-state index in [0.717, 1.165) is 21.2 Å². The zero-order valence-corrected chi connectivity index (χ0v) is 20.3. The third-order valence-electron chi connectivity index (χ3n) is 5.25. The molecule has 0 bridgehead atoms. The Labute approximate surface area is 202 Å². The van der Waals surface area contributed by atoms with Gasteiger partial charge in [0.2, 0.25) is 0 Å². The number of benzene rings is 2. The van der Waals surface area contributed by atoms with Crippen molar-refractivity contribution in [3.05, 3.63) is 81.8 Å². The van der Waals surface area contributed by atoms with Gasteiger partial charge in [-0.05, 0) is 54.8 Å². The molecule has 0 aromatic heterocycles. The first-order valence-corrected chi connectivity index (χ1v) is 11.7. The Morgan fingerprint density at radius 2 is 1.82 bits per heavy atom. The molecule has 174 valence electrons. The fourth-order valence-corrected chi connectivity index (χ4v) is 3.93. The van der Waals surface area contributed by atoms with Gasteiger partial charge < -0.3 is 14.6 Å². The van der Waals surface area contributed by atoms with Crippen LogP contribution in [0.25, 0.3) is 0 Å². The second-order valence-corrected chi connectivity index (χ2v) is 9.20. The van der Waals surface area contributed by atoms with E-state index in [0.29, 0.717) is 12.8 Å². The number of rotatable bonds is 11. The van der Waals surface area contributed by atoms with Crippen LogP contribution in [0.4, 0.5) is 0 Å². The lowest BCUT2D eigenvalue weighted by Crippen LogP contribution is -2.38. The number of carbonyl (C=O) groups is 2. The summed E-state index contributed by atoms with van der Waals surface area (Å²) in [5.41, 5.74) is 1.66. The van der Waals surface area contributed by atoms with Crippen LogP contribution in [0, 0.1) is 0 Å². The summed E-state index contributed by atoms with van der Waals surface area (Å²) in [6.45, 7) is 3.88. The van der Waals surface area contributed by atoms with Crippen LogP contribution in [-0.4, -0.2) is 47.6 Å². The van der Waals surface area contributed by atoms with Gasteiger partial charge in [0.05, 0.1) is 12.7 Å². The van der Waals surface area contributed by atoms with Crippen LogP contribution in [0.1, 0.15) is 30.5 Å². The molecule has 1 N–H and O–H groups in total. The molecule has 6 nitrogen and oxygen atoms in total. The topological polar surface area (TPSA) is 85.2 Å². The number of aliphatic imine (C=N–C) groups is 1. The monoisotopic (exact) mass is 513 g/mol. The number of hydrogen-bond acceptors (Lipinski definition) is 5. The van der Waals surface area contributed by atoms with Gasteiger partial charge in [0.1, 0.15) is 0 Å². The summed E-state index contributed by atoms with van der Waals surface area (Å²) in [4.78, 5) is 29.0. The molecule has 0 aliphatic carbocycles. The molecule has 0 amide bonds. The van der Waals surface area contributed by atoms with Crippen molar-refractivity contribution in [1.29, 1.82) is 0 Å². The van der Waals surface area contributed by atoms with Crippen LogP contribution in [0.5, 0.6) is 0 Å². The van der Waals surface area contributed by atoms with Crippen LogP contribution >= 0.6 is 15.9 Å². The number of ether oxygens (including phenoxy) is 2. The quantitative estimate of drug-likeness (QED) is 0.444. The summed E-state index contributed by atoms with van der Waals surface area (Å²) < 4.78 is 12.1. The Balaban J connectivity index is 1.66. The Morgan fingerprint density at radius 1 is 1.09 bits per heavy atom. The molecule has 1 aliphatic heterocycles. The SMILES string of the molecule is CC(C)OC(Cc1cccc(CC2(C(=O)OCCc3ccc(Br)cc3)C=CC=N2)c1)C(=O)O. The molecule has 3 rings (SSSR count). The number of nitrogens with zero attached hydrogens (tertiary/aromatic N) is 1. The van der Waals surface area contributed by atoms with Crippen molar-refractivity contribution in [2.24, 2.45) is 4.99 Å². The molecule has 7 heteroatoms. The number of carboxylic acid groups (broad SMARTS) is 1. The van der Waals surface area contributed by atoms with Crippen molar-refractivity contribution in [2.75, 3.05) is 6.61 Å². The van der Waals surface area contributed by atoms with Gasteiger partial charge in [0, 0.05) is 29.9 Å². The van der Waals surface area contributed by atoms with E-state index in [-0.39, 0.29) is 19.1 Å². The number of halogens is 1. The first-order valence-electron chi connectivity index (χ1n) is 10.9. The Kier molecular flexibility index (Phi) is 8.58. The molecular weight excluding hydrogens is 486 g/mol. The lowest BCUT2D eigenvalue weighted by molar-refractivity contribution is -0.153. The molecule has 0 saturated heterocycles. The van der Waals surface area contributed by atoms with Crippen molar-refractivity contribution in [3.8, 4) is 0 Å². The summed E-state index contributed by atoms with van der Waals surface area (Å²) >= 11 is 3.41. The maximum Gasteiger partial charge on any atom is 0.338 e. The van der Waals surface area contributed by atoms with Crippen molar-refractivity contribution in [1.82, 2.24) is 0 Å². The lowest BCUT2D eigenvalue weighted by atomic mass is 9.90. The van der Waals surface area contributed by atoms with Gasteiger partial charge in [-0.3, -0.25) is 4.99 Å². The highest BCUT2D eigenvalue weighted by molar-refractivity contribution is 9.10. The number of allylic oxidation sites excluding steroid dienone is 1. The third kappa shape index (κ3) is 7.11. The molecule has 2 atom stereocenters. The van der Waals surface area contributed by atoms with Crippen molar-refractivity contribution in [3.63, 3.8) is 0 Å². The van der Waals surface area contributed by atoms with Gasteiger partial charge in [-0.25, -0.2) is 9.59 Å². The predicted octanol–water partition coefficient (Wildman–Crippen LogP) is 4.58. The highest BCUT2D eigenvalue weighted by atomic mass is 79.9. The van der Waals surface area contributed by atoms with Crippen LogP contribution in [0.3, 0.4) is 0 Å². The normalized spacial score (nSPS) is 17.9. The minimum Gasteiger partial charge on any atom is -0.479 e. The minimum absolute atomic E-state index is 0.192. The fraction of sp³-hybridized carbons (Fsp3) is 0.346.